The van der Waals surface area contributed by atoms with Crippen molar-refractivity contribution >= 4 is 0 Å². The smallest absolute Gasteiger partial charge is 0.0932 e. The molecule has 0 heterocycles. The lowest BCUT2D eigenvalue weighted by Gasteiger charge is -2.24. The van der Waals surface area contributed by atoms with Crippen LogP contribution in [0.25, 0.3) is 0 Å². The van der Waals surface area contributed by atoms with E-state index in [0.717, 1.165) is 12.8 Å². The quantitative estimate of drug-likeness (QED) is 0.483. The number of rotatable bonds is 5. The lowest BCUT2D eigenvalue weighted by Crippen LogP contribution is -2.39. The fourth-order valence-electron chi connectivity index (χ4n) is 0.789. The molecule has 0 rings (SSSR count). The molecule has 3 N–H and O–H groups in total. The summed E-state index contributed by atoms with van der Waals surface area (Å²) in [6, 6.07) is 0. The van der Waals surface area contributed by atoms with Crippen LogP contribution in [0, 0.1) is 0 Å². The molecule has 0 radical (unpaired) electrons. The molecular formula is C7H17NO2. The molecule has 0 aliphatic heterocycles. The lowest BCUT2D eigenvalue weighted by atomic mass is 9.98. The fourth-order valence-corrected chi connectivity index (χ4v) is 0.789. The summed E-state index contributed by atoms with van der Waals surface area (Å²) in [7, 11) is 0. The molecule has 0 aromatic rings. The average molecular weight is 147 g/mol. The first kappa shape index (κ1) is 9.88. The first-order valence-corrected chi connectivity index (χ1v) is 3.72. The molecule has 0 aromatic carbocycles. The van der Waals surface area contributed by atoms with Gasteiger partial charge in [-0.15, -0.1) is 0 Å². The van der Waals surface area contributed by atoms with Crippen LogP contribution in [0.4, 0.5) is 0 Å². The van der Waals surface area contributed by atoms with Gasteiger partial charge in [0.25, 0.3) is 0 Å². The Balaban J connectivity index is 3.58. The van der Waals surface area contributed by atoms with Crippen LogP contribution in [0.5, 0.6) is 0 Å². The third-order valence-electron chi connectivity index (χ3n) is 1.88. The normalized spacial score (nSPS) is 12.0. The molecule has 0 atom stereocenters. The van der Waals surface area contributed by atoms with Gasteiger partial charge >= 0.3 is 0 Å². The van der Waals surface area contributed by atoms with Gasteiger partial charge in [0, 0.05) is 6.54 Å². The number of aliphatic hydroxyl groups excluding tert-OH is 1. The van der Waals surface area contributed by atoms with Crippen molar-refractivity contribution in [2.75, 3.05) is 13.3 Å². The monoisotopic (exact) mass is 147 g/mol. The van der Waals surface area contributed by atoms with E-state index in [0.29, 0.717) is 6.54 Å². The Hall–Kier alpha value is -0.120. The van der Waals surface area contributed by atoms with Gasteiger partial charge in [-0.1, -0.05) is 13.8 Å². The topological polar surface area (TPSA) is 52.5 Å². The first-order valence-electron chi connectivity index (χ1n) is 3.72. The molecule has 0 aliphatic carbocycles. The summed E-state index contributed by atoms with van der Waals surface area (Å²) < 4.78 is 0. The molecule has 3 nitrogen and oxygen atoms in total. The molecule has 0 bridgehead atoms. The van der Waals surface area contributed by atoms with Crippen LogP contribution in [0.1, 0.15) is 26.7 Å². The van der Waals surface area contributed by atoms with E-state index in [9.17, 15) is 5.11 Å². The van der Waals surface area contributed by atoms with Gasteiger partial charge in [-0.2, -0.15) is 0 Å². The Morgan fingerprint density at radius 1 is 1.30 bits per heavy atom. The summed E-state index contributed by atoms with van der Waals surface area (Å²) in [5, 5.41) is 20.7. The van der Waals surface area contributed by atoms with Crippen molar-refractivity contribution in [3.8, 4) is 0 Å². The Morgan fingerprint density at radius 3 is 2.10 bits per heavy atom. The largest absolute Gasteiger partial charge is 0.389 e. The third-order valence-corrected chi connectivity index (χ3v) is 1.88. The molecule has 0 amide bonds. The van der Waals surface area contributed by atoms with Gasteiger partial charge in [0.1, 0.15) is 0 Å². The van der Waals surface area contributed by atoms with E-state index in [2.05, 4.69) is 5.32 Å². The van der Waals surface area contributed by atoms with Crippen LogP contribution < -0.4 is 5.32 Å². The van der Waals surface area contributed by atoms with Gasteiger partial charge in [0.15, 0.2) is 0 Å². The molecular weight excluding hydrogens is 130 g/mol. The first-order chi connectivity index (χ1) is 4.68. The summed E-state index contributed by atoms with van der Waals surface area (Å²) in [5.74, 6) is 0. The minimum Gasteiger partial charge on any atom is -0.389 e. The Bertz CT molecular complexity index is 81.7. The zero-order chi connectivity index (χ0) is 8.04. The molecule has 0 unspecified atom stereocenters. The van der Waals surface area contributed by atoms with Gasteiger partial charge in [-0.05, 0) is 12.8 Å². The van der Waals surface area contributed by atoms with Crippen molar-refractivity contribution in [1.29, 1.82) is 0 Å². The highest BCUT2D eigenvalue weighted by Gasteiger charge is 2.20. The van der Waals surface area contributed by atoms with Gasteiger partial charge in [-0.25, -0.2) is 0 Å². The van der Waals surface area contributed by atoms with Crippen LogP contribution in [-0.4, -0.2) is 29.1 Å². The van der Waals surface area contributed by atoms with Crippen molar-refractivity contribution in [3.63, 3.8) is 0 Å². The number of aliphatic hydroxyl groups is 2. The maximum absolute atomic E-state index is 9.59. The van der Waals surface area contributed by atoms with Crippen LogP contribution in [-0.2, 0) is 0 Å². The Kier molecular flexibility index (Phi) is 4.60. The van der Waals surface area contributed by atoms with Crippen molar-refractivity contribution in [2.45, 2.75) is 32.3 Å². The van der Waals surface area contributed by atoms with E-state index in [1.54, 1.807) is 0 Å². The number of hydrogen-bond acceptors (Lipinski definition) is 3. The van der Waals surface area contributed by atoms with E-state index in [1.165, 1.54) is 0 Å². The number of hydrogen-bond donors (Lipinski definition) is 3. The van der Waals surface area contributed by atoms with Crippen LogP contribution in [0.15, 0.2) is 0 Å². The molecule has 0 saturated carbocycles. The molecule has 10 heavy (non-hydrogen) atoms. The van der Waals surface area contributed by atoms with Gasteiger partial charge in [0.2, 0.25) is 0 Å². The molecule has 0 aliphatic rings. The second-order valence-electron chi connectivity index (χ2n) is 2.52. The standard InChI is InChI=1S/C7H17NO2/c1-3-7(10,4-2)5-8-6-9/h8-10H,3-6H2,1-2H3. The van der Waals surface area contributed by atoms with Crippen LogP contribution in [0.3, 0.4) is 0 Å². The van der Waals surface area contributed by atoms with Gasteiger partial charge < -0.3 is 10.2 Å². The lowest BCUT2D eigenvalue weighted by molar-refractivity contribution is 0.0265. The van der Waals surface area contributed by atoms with Gasteiger partial charge in [0.05, 0.1) is 12.3 Å². The maximum atomic E-state index is 9.59. The van der Waals surface area contributed by atoms with Crippen molar-refractivity contribution in [3.05, 3.63) is 0 Å². The second-order valence-corrected chi connectivity index (χ2v) is 2.52. The highest BCUT2D eigenvalue weighted by atomic mass is 16.3. The average Bonchev–Trinajstić information content (AvgIpc) is 2.00. The highest BCUT2D eigenvalue weighted by molar-refractivity contribution is 4.76. The van der Waals surface area contributed by atoms with Crippen molar-refractivity contribution in [2.24, 2.45) is 0 Å². The van der Waals surface area contributed by atoms with Crippen molar-refractivity contribution < 1.29 is 10.2 Å². The Morgan fingerprint density at radius 2 is 1.80 bits per heavy atom. The highest BCUT2D eigenvalue weighted by Crippen LogP contribution is 2.12. The maximum Gasteiger partial charge on any atom is 0.0932 e. The van der Waals surface area contributed by atoms with E-state index < -0.39 is 5.60 Å². The SMILES string of the molecule is CCC(O)(CC)CNCO. The van der Waals surface area contributed by atoms with Crippen LogP contribution in [0.2, 0.25) is 0 Å². The van der Waals surface area contributed by atoms with E-state index in [-0.39, 0.29) is 6.73 Å². The summed E-state index contributed by atoms with van der Waals surface area (Å²) in [6.07, 6.45) is 1.44. The predicted octanol–water partition coefficient (Wildman–Crippen LogP) is 0.0769. The zero-order valence-electron chi connectivity index (χ0n) is 6.72. The molecule has 3 heteroatoms. The molecule has 0 saturated heterocycles. The molecule has 62 valence electrons. The van der Waals surface area contributed by atoms with Crippen molar-refractivity contribution in [1.82, 2.24) is 5.32 Å². The van der Waals surface area contributed by atoms with E-state index in [1.807, 2.05) is 13.8 Å². The minimum atomic E-state index is -0.636. The third kappa shape index (κ3) is 3.15. The summed E-state index contributed by atoms with van der Waals surface area (Å²) in [5.41, 5.74) is -0.636. The number of nitrogens with one attached hydrogen (secondary N) is 1. The summed E-state index contributed by atoms with van der Waals surface area (Å²) >= 11 is 0. The fraction of sp³-hybridized carbons (Fsp3) is 1.00. The van der Waals surface area contributed by atoms with E-state index in [4.69, 9.17) is 5.11 Å². The summed E-state index contributed by atoms with van der Waals surface area (Å²) in [4.78, 5) is 0. The summed E-state index contributed by atoms with van der Waals surface area (Å²) in [6.45, 7) is 4.27. The van der Waals surface area contributed by atoms with E-state index >= 15 is 0 Å². The molecule has 0 fully saturated rings. The predicted molar refractivity (Wildman–Crippen MR) is 40.6 cm³/mol. The molecule has 0 aromatic heterocycles. The molecule has 0 spiro atoms. The Labute approximate surface area is 62.1 Å². The van der Waals surface area contributed by atoms with Crippen LogP contribution >= 0.6 is 0 Å². The zero-order valence-corrected chi connectivity index (χ0v) is 6.72. The second kappa shape index (κ2) is 4.66. The van der Waals surface area contributed by atoms with Gasteiger partial charge in [-0.3, -0.25) is 5.32 Å². The minimum absolute atomic E-state index is 0.0672.